The third kappa shape index (κ3) is 11.3. The zero-order chi connectivity index (χ0) is 26.5. The van der Waals surface area contributed by atoms with Crippen LogP contribution in [0.4, 0.5) is 0 Å². The second-order valence-electron chi connectivity index (χ2n) is 8.67. The van der Waals surface area contributed by atoms with Crippen LogP contribution in [-0.4, -0.2) is 75.4 Å². The molecule has 0 aromatic carbocycles. The molecule has 0 aliphatic carbocycles. The number of nitrogens with zero attached hydrogens (tertiary/aromatic N) is 2. The van der Waals surface area contributed by atoms with Gasteiger partial charge in [0.2, 0.25) is 17.7 Å². The van der Waals surface area contributed by atoms with Crippen molar-refractivity contribution in [2.45, 2.75) is 70.6 Å². The van der Waals surface area contributed by atoms with Gasteiger partial charge in [0.15, 0.2) is 5.96 Å². The van der Waals surface area contributed by atoms with Gasteiger partial charge in [-0.25, -0.2) is 9.78 Å². The molecule has 35 heavy (non-hydrogen) atoms. The Hall–Kier alpha value is -3.68. The fourth-order valence-corrected chi connectivity index (χ4v) is 3.14. The molecule has 0 saturated carbocycles. The number of nitrogens with two attached hydrogens (primary N) is 3. The third-order valence-corrected chi connectivity index (χ3v) is 4.93. The van der Waals surface area contributed by atoms with Gasteiger partial charge in [0.25, 0.3) is 0 Å². The largest absolute Gasteiger partial charge is 0.480 e. The van der Waals surface area contributed by atoms with Gasteiger partial charge in [-0.1, -0.05) is 13.8 Å². The predicted molar refractivity (Wildman–Crippen MR) is 129 cm³/mol. The molecule has 1 aromatic heterocycles. The van der Waals surface area contributed by atoms with Crippen molar-refractivity contribution in [2.24, 2.45) is 28.1 Å². The summed E-state index contributed by atoms with van der Waals surface area (Å²) >= 11 is 0. The van der Waals surface area contributed by atoms with E-state index in [1.54, 1.807) is 0 Å². The van der Waals surface area contributed by atoms with Crippen molar-refractivity contribution in [1.82, 2.24) is 25.9 Å². The zero-order valence-corrected chi connectivity index (χ0v) is 20.3. The highest BCUT2D eigenvalue weighted by atomic mass is 16.4. The number of carbonyl (C=O) groups excluding carboxylic acids is 3. The number of H-pyrrole nitrogens is 1. The molecule has 1 aromatic rings. The van der Waals surface area contributed by atoms with E-state index < -0.39 is 47.9 Å². The van der Waals surface area contributed by atoms with Gasteiger partial charge in [-0.2, -0.15) is 0 Å². The van der Waals surface area contributed by atoms with E-state index in [9.17, 15) is 24.3 Å². The first-order chi connectivity index (χ1) is 16.4. The standard InChI is InChI=1S/C21H37N9O5/c1-11(2)7-16(20(34)35)30-18(32)14(5-4-6-26-21(23)24)28-19(33)15(29-17(31)12(3)22)8-13-9-25-10-27-13/h9-12,14-16H,4-8,22H2,1-3H3,(H,25,27)(H,28,33)(H,29,31)(H,30,32)(H,34,35)(H4,23,24,26)/t12-,14-,15-,16-/m0/s1. The van der Waals surface area contributed by atoms with Crippen LogP contribution in [0.15, 0.2) is 17.5 Å². The molecular weight excluding hydrogens is 458 g/mol. The van der Waals surface area contributed by atoms with E-state index in [4.69, 9.17) is 17.2 Å². The van der Waals surface area contributed by atoms with Crippen molar-refractivity contribution in [1.29, 1.82) is 0 Å². The second kappa shape index (κ2) is 14.6. The number of hydrogen-bond donors (Lipinski definition) is 8. The Kier molecular flexibility index (Phi) is 12.2. The summed E-state index contributed by atoms with van der Waals surface area (Å²) in [6.45, 7) is 5.34. The lowest BCUT2D eigenvalue weighted by Gasteiger charge is -2.25. The van der Waals surface area contributed by atoms with Gasteiger partial charge in [-0.15, -0.1) is 0 Å². The highest BCUT2D eigenvalue weighted by Gasteiger charge is 2.30. The maximum atomic E-state index is 13.1. The lowest BCUT2D eigenvalue weighted by molar-refractivity contribution is -0.142. The van der Waals surface area contributed by atoms with Crippen molar-refractivity contribution in [2.75, 3.05) is 6.54 Å². The van der Waals surface area contributed by atoms with Crippen LogP contribution in [0.1, 0.15) is 45.7 Å². The number of guanidine groups is 1. The third-order valence-electron chi connectivity index (χ3n) is 4.93. The Bertz CT molecular complexity index is 867. The summed E-state index contributed by atoms with van der Waals surface area (Å²) < 4.78 is 0. The van der Waals surface area contributed by atoms with Crippen LogP contribution in [-0.2, 0) is 25.6 Å². The summed E-state index contributed by atoms with van der Waals surface area (Å²) in [7, 11) is 0. The first-order valence-electron chi connectivity index (χ1n) is 11.3. The number of carboxylic acids is 1. The molecule has 0 saturated heterocycles. The molecule has 14 nitrogen and oxygen atoms in total. The van der Waals surface area contributed by atoms with Crippen LogP contribution >= 0.6 is 0 Å². The summed E-state index contributed by atoms with van der Waals surface area (Å²) in [6.07, 6.45) is 3.66. The molecule has 4 atom stereocenters. The number of aromatic nitrogens is 2. The molecule has 196 valence electrons. The zero-order valence-electron chi connectivity index (χ0n) is 20.3. The fraction of sp³-hybridized carbons (Fsp3) is 0.619. The SMILES string of the molecule is CC(C)C[C@H](NC(=O)[C@H](CCCN=C(N)N)NC(=O)[C@H](Cc1cnc[nH]1)NC(=O)[C@H](C)N)C(=O)O. The molecule has 0 bridgehead atoms. The minimum Gasteiger partial charge on any atom is -0.480 e. The van der Waals surface area contributed by atoms with Crippen LogP contribution in [0.2, 0.25) is 0 Å². The summed E-state index contributed by atoms with van der Waals surface area (Å²) in [5.74, 6) is -3.16. The van der Waals surface area contributed by atoms with E-state index in [1.807, 2.05) is 13.8 Å². The Balaban J connectivity index is 3.05. The molecule has 1 heterocycles. The first-order valence-corrected chi connectivity index (χ1v) is 11.3. The van der Waals surface area contributed by atoms with Gasteiger partial charge in [-0.3, -0.25) is 19.4 Å². The van der Waals surface area contributed by atoms with Crippen LogP contribution in [0.25, 0.3) is 0 Å². The van der Waals surface area contributed by atoms with Crippen LogP contribution in [0.5, 0.6) is 0 Å². The minimum absolute atomic E-state index is 0.0126. The topological polar surface area (TPSA) is 244 Å². The normalized spacial score (nSPS) is 14.3. The highest BCUT2D eigenvalue weighted by molar-refractivity contribution is 5.94. The van der Waals surface area contributed by atoms with Crippen LogP contribution in [0, 0.1) is 5.92 Å². The summed E-state index contributed by atoms with van der Waals surface area (Å²) in [4.78, 5) is 60.5. The number of carbonyl (C=O) groups is 4. The van der Waals surface area contributed by atoms with E-state index in [0.717, 1.165) is 0 Å². The van der Waals surface area contributed by atoms with Gasteiger partial charge in [0.05, 0.1) is 12.4 Å². The smallest absolute Gasteiger partial charge is 0.326 e. The molecule has 0 spiro atoms. The van der Waals surface area contributed by atoms with E-state index in [-0.39, 0.29) is 37.7 Å². The van der Waals surface area contributed by atoms with Crippen molar-refractivity contribution in [3.8, 4) is 0 Å². The van der Waals surface area contributed by atoms with Gasteiger partial charge < -0.3 is 43.2 Å². The summed E-state index contributed by atoms with van der Waals surface area (Å²) in [5.41, 5.74) is 16.8. The Morgan fingerprint density at radius 3 is 2.14 bits per heavy atom. The molecular formula is C21H37N9O5. The number of aliphatic imine (C=N–C) groups is 1. The molecule has 0 aliphatic rings. The Morgan fingerprint density at radius 1 is 1.03 bits per heavy atom. The van der Waals surface area contributed by atoms with Gasteiger partial charge in [0.1, 0.15) is 18.1 Å². The average molecular weight is 496 g/mol. The molecule has 0 aliphatic heterocycles. The molecule has 0 radical (unpaired) electrons. The number of amides is 3. The number of aromatic amines is 1. The first kappa shape index (κ1) is 29.4. The molecule has 3 amide bonds. The fourth-order valence-electron chi connectivity index (χ4n) is 3.14. The molecule has 11 N–H and O–H groups in total. The van der Waals surface area contributed by atoms with E-state index in [2.05, 4.69) is 30.9 Å². The number of aliphatic carboxylic acids is 1. The van der Waals surface area contributed by atoms with Gasteiger partial charge >= 0.3 is 5.97 Å². The predicted octanol–water partition coefficient (Wildman–Crippen LogP) is -2.06. The van der Waals surface area contributed by atoms with Crippen molar-refractivity contribution in [3.63, 3.8) is 0 Å². The Labute approximate surface area is 203 Å². The van der Waals surface area contributed by atoms with E-state index in [1.165, 1.54) is 19.4 Å². The average Bonchev–Trinajstić information content (AvgIpc) is 3.27. The van der Waals surface area contributed by atoms with Crippen molar-refractivity contribution < 1.29 is 24.3 Å². The monoisotopic (exact) mass is 495 g/mol. The van der Waals surface area contributed by atoms with Gasteiger partial charge in [-0.05, 0) is 32.1 Å². The summed E-state index contributed by atoms with van der Waals surface area (Å²) in [6, 6.07) is -4.15. The maximum absolute atomic E-state index is 13.1. The number of carboxylic acid groups (broad SMARTS) is 1. The van der Waals surface area contributed by atoms with Gasteiger partial charge in [0, 0.05) is 24.9 Å². The minimum atomic E-state index is -1.18. The van der Waals surface area contributed by atoms with Crippen LogP contribution < -0.4 is 33.2 Å². The number of hydrogen-bond acceptors (Lipinski definition) is 7. The molecule has 14 heteroatoms. The molecule has 0 fully saturated rings. The highest BCUT2D eigenvalue weighted by Crippen LogP contribution is 2.08. The number of imidazole rings is 1. The molecule has 1 rings (SSSR count). The van der Waals surface area contributed by atoms with Crippen molar-refractivity contribution >= 4 is 29.7 Å². The number of nitrogens with one attached hydrogen (secondary N) is 4. The van der Waals surface area contributed by atoms with E-state index >= 15 is 0 Å². The summed E-state index contributed by atoms with van der Waals surface area (Å²) in [5, 5.41) is 17.1. The quantitative estimate of drug-likeness (QED) is 0.0756. The number of rotatable bonds is 15. The van der Waals surface area contributed by atoms with Crippen molar-refractivity contribution in [3.05, 3.63) is 18.2 Å². The van der Waals surface area contributed by atoms with Crippen LogP contribution in [0.3, 0.4) is 0 Å². The maximum Gasteiger partial charge on any atom is 0.326 e. The molecule has 0 unspecified atom stereocenters. The Morgan fingerprint density at radius 2 is 1.63 bits per heavy atom. The van der Waals surface area contributed by atoms with E-state index in [0.29, 0.717) is 12.1 Å². The lowest BCUT2D eigenvalue weighted by atomic mass is 10.0. The second-order valence-corrected chi connectivity index (χ2v) is 8.67. The lowest BCUT2D eigenvalue weighted by Crippen LogP contribution is -2.57.